The van der Waals surface area contributed by atoms with Crippen LogP contribution < -0.4 is 4.90 Å². The number of carbonyl (C=O) groups excluding carboxylic acids is 2. The highest BCUT2D eigenvalue weighted by Crippen LogP contribution is 2.29. The molecule has 0 saturated carbocycles. The van der Waals surface area contributed by atoms with E-state index in [-0.39, 0.29) is 11.8 Å². The van der Waals surface area contributed by atoms with Crippen LogP contribution in [0.4, 0.5) is 5.69 Å². The smallest absolute Gasteiger partial charge is 0.239 e. The Kier molecular flexibility index (Phi) is 5.81. The Bertz CT molecular complexity index is 829. The van der Waals surface area contributed by atoms with Crippen molar-refractivity contribution in [3.63, 3.8) is 0 Å². The fourth-order valence-corrected chi connectivity index (χ4v) is 4.58. The third-order valence-electron chi connectivity index (χ3n) is 5.94. The molecule has 0 unspecified atom stereocenters. The molecule has 0 N–H and O–H groups in total. The van der Waals surface area contributed by atoms with Crippen molar-refractivity contribution in [3.8, 4) is 0 Å². The summed E-state index contributed by atoms with van der Waals surface area (Å²) in [6, 6.07) is 18.2. The van der Waals surface area contributed by atoms with Gasteiger partial charge < -0.3 is 9.80 Å². The maximum absolute atomic E-state index is 13.0. The maximum Gasteiger partial charge on any atom is 0.239 e. The minimum atomic E-state index is -0.519. The van der Waals surface area contributed by atoms with Crippen LogP contribution in [0.2, 0.25) is 0 Å². The zero-order chi connectivity index (χ0) is 19.5. The predicted molar refractivity (Wildman–Crippen MR) is 114 cm³/mol. The number of hydrogen-bond donors (Lipinski definition) is 0. The molecule has 2 saturated heterocycles. The van der Waals surface area contributed by atoms with E-state index in [1.807, 2.05) is 35.2 Å². The van der Waals surface area contributed by atoms with Crippen molar-refractivity contribution >= 4 is 33.4 Å². The first-order valence-corrected chi connectivity index (χ1v) is 10.8. The summed E-state index contributed by atoms with van der Waals surface area (Å²) in [5.74, 6) is 0.0563. The zero-order valence-electron chi connectivity index (χ0n) is 15.9. The number of benzene rings is 2. The van der Waals surface area contributed by atoms with Crippen molar-refractivity contribution in [2.24, 2.45) is 11.8 Å². The van der Waals surface area contributed by atoms with Gasteiger partial charge >= 0.3 is 0 Å². The lowest BCUT2D eigenvalue weighted by Crippen LogP contribution is -2.44. The first kappa shape index (κ1) is 19.2. The van der Waals surface area contributed by atoms with Gasteiger partial charge in [-0.25, -0.2) is 0 Å². The quantitative estimate of drug-likeness (QED) is 0.665. The number of likely N-dealkylation sites (tertiary alicyclic amines) is 1. The van der Waals surface area contributed by atoms with Gasteiger partial charge in [-0.3, -0.25) is 9.59 Å². The molecule has 2 fully saturated rings. The largest absolute Gasteiger partial charge is 0.342 e. The second kappa shape index (κ2) is 8.48. The first-order chi connectivity index (χ1) is 13.6. The van der Waals surface area contributed by atoms with Crippen molar-refractivity contribution in [2.75, 3.05) is 24.5 Å². The van der Waals surface area contributed by atoms with E-state index in [1.54, 1.807) is 4.90 Å². The SMILES string of the molecule is O=C([C@@H]1CCN(c2ccc(Br)cc2)C1=O)N1CCC(Cc2ccccc2)CC1. The molecule has 0 aliphatic carbocycles. The number of hydrogen-bond acceptors (Lipinski definition) is 2. The topological polar surface area (TPSA) is 40.6 Å². The molecular formula is C23H25BrN2O2. The number of piperidine rings is 1. The zero-order valence-corrected chi connectivity index (χ0v) is 17.5. The van der Waals surface area contributed by atoms with Crippen LogP contribution in [0.1, 0.15) is 24.8 Å². The molecule has 0 spiro atoms. The van der Waals surface area contributed by atoms with E-state index in [4.69, 9.17) is 0 Å². The number of rotatable bonds is 4. The van der Waals surface area contributed by atoms with E-state index < -0.39 is 5.92 Å². The van der Waals surface area contributed by atoms with Crippen molar-refractivity contribution in [2.45, 2.75) is 25.7 Å². The summed E-state index contributed by atoms with van der Waals surface area (Å²) >= 11 is 3.42. The number of halogens is 1. The molecule has 4 rings (SSSR count). The molecule has 0 radical (unpaired) electrons. The van der Waals surface area contributed by atoms with Gasteiger partial charge in [0.05, 0.1) is 0 Å². The second-order valence-electron chi connectivity index (χ2n) is 7.77. The number of anilines is 1. The highest BCUT2D eigenvalue weighted by atomic mass is 79.9. The summed E-state index contributed by atoms with van der Waals surface area (Å²) in [5, 5.41) is 0. The molecule has 2 aromatic rings. The summed E-state index contributed by atoms with van der Waals surface area (Å²) in [6.45, 7) is 2.14. The molecular weight excluding hydrogens is 416 g/mol. The van der Waals surface area contributed by atoms with Gasteiger partial charge in [-0.1, -0.05) is 46.3 Å². The Labute approximate surface area is 174 Å². The number of amides is 2. The third kappa shape index (κ3) is 4.14. The standard InChI is InChI=1S/C23H25BrN2O2/c24-19-6-8-20(9-7-19)26-15-12-21(23(26)28)22(27)25-13-10-18(11-14-25)16-17-4-2-1-3-5-17/h1-9,18,21H,10-16H2/t21-/m0/s1. The maximum atomic E-state index is 13.0. The third-order valence-corrected chi connectivity index (χ3v) is 6.46. The van der Waals surface area contributed by atoms with Crippen LogP contribution in [-0.2, 0) is 16.0 Å². The van der Waals surface area contributed by atoms with Crippen molar-refractivity contribution in [1.82, 2.24) is 4.90 Å². The average molecular weight is 441 g/mol. The van der Waals surface area contributed by atoms with Gasteiger partial charge in [0.1, 0.15) is 5.92 Å². The van der Waals surface area contributed by atoms with Crippen LogP contribution in [0.3, 0.4) is 0 Å². The molecule has 2 amide bonds. The van der Waals surface area contributed by atoms with E-state index in [0.717, 1.165) is 42.5 Å². The summed E-state index contributed by atoms with van der Waals surface area (Å²) in [7, 11) is 0. The minimum Gasteiger partial charge on any atom is -0.342 e. The highest BCUT2D eigenvalue weighted by molar-refractivity contribution is 9.10. The van der Waals surface area contributed by atoms with E-state index in [9.17, 15) is 9.59 Å². The van der Waals surface area contributed by atoms with Crippen molar-refractivity contribution in [1.29, 1.82) is 0 Å². The first-order valence-electron chi connectivity index (χ1n) is 10.0. The summed E-state index contributed by atoms with van der Waals surface area (Å²) in [6.07, 6.45) is 3.70. The van der Waals surface area contributed by atoms with Crippen molar-refractivity contribution in [3.05, 3.63) is 64.6 Å². The summed E-state index contributed by atoms with van der Waals surface area (Å²) in [4.78, 5) is 29.5. The van der Waals surface area contributed by atoms with Gasteiger partial charge in [0, 0.05) is 29.8 Å². The summed E-state index contributed by atoms with van der Waals surface area (Å²) in [5.41, 5.74) is 2.23. The van der Waals surface area contributed by atoms with Crippen LogP contribution in [0, 0.1) is 11.8 Å². The van der Waals surface area contributed by atoms with Crippen LogP contribution in [0.15, 0.2) is 59.1 Å². The fraction of sp³-hybridized carbons (Fsp3) is 0.391. The molecule has 146 valence electrons. The minimum absolute atomic E-state index is 0.0165. The monoisotopic (exact) mass is 440 g/mol. The van der Waals surface area contributed by atoms with Gasteiger partial charge in [0.25, 0.3) is 0 Å². The number of nitrogens with zero attached hydrogens (tertiary/aromatic N) is 2. The molecule has 4 nitrogen and oxygen atoms in total. The second-order valence-corrected chi connectivity index (χ2v) is 8.68. The lowest BCUT2D eigenvalue weighted by atomic mass is 9.89. The normalized spacial score (nSPS) is 20.6. The molecule has 0 bridgehead atoms. The molecule has 2 aliphatic rings. The van der Waals surface area contributed by atoms with Gasteiger partial charge in [0.15, 0.2) is 0 Å². The molecule has 28 heavy (non-hydrogen) atoms. The Morgan fingerprint density at radius 2 is 1.61 bits per heavy atom. The van der Waals surface area contributed by atoms with Gasteiger partial charge in [-0.15, -0.1) is 0 Å². The van der Waals surface area contributed by atoms with Crippen molar-refractivity contribution < 1.29 is 9.59 Å². The number of carbonyl (C=O) groups is 2. The highest BCUT2D eigenvalue weighted by Gasteiger charge is 2.40. The Balaban J connectivity index is 1.33. The molecule has 1 atom stereocenters. The van der Waals surface area contributed by atoms with Crippen LogP contribution in [0.5, 0.6) is 0 Å². The molecule has 2 aliphatic heterocycles. The molecule has 0 aromatic heterocycles. The van der Waals surface area contributed by atoms with Crippen LogP contribution >= 0.6 is 15.9 Å². The molecule has 2 aromatic carbocycles. The van der Waals surface area contributed by atoms with E-state index in [0.29, 0.717) is 18.9 Å². The van der Waals surface area contributed by atoms with Crippen LogP contribution in [0.25, 0.3) is 0 Å². The Hall–Kier alpha value is -2.14. The molecule has 5 heteroatoms. The van der Waals surface area contributed by atoms with Gasteiger partial charge in [0.2, 0.25) is 11.8 Å². The predicted octanol–water partition coefficient (Wildman–Crippen LogP) is 4.28. The van der Waals surface area contributed by atoms with Gasteiger partial charge in [-0.05, 0) is 61.4 Å². The molecule has 2 heterocycles. The van der Waals surface area contributed by atoms with E-state index >= 15 is 0 Å². The summed E-state index contributed by atoms with van der Waals surface area (Å²) < 4.78 is 0.980. The van der Waals surface area contributed by atoms with Gasteiger partial charge in [-0.2, -0.15) is 0 Å². The Morgan fingerprint density at radius 1 is 0.929 bits per heavy atom. The van der Waals surface area contributed by atoms with E-state index in [2.05, 4.69) is 40.2 Å². The van der Waals surface area contributed by atoms with E-state index in [1.165, 1.54) is 5.56 Å². The fourth-order valence-electron chi connectivity index (χ4n) is 4.31. The Morgan fingerprint density at radius 3 is 2.29 bits per heavy atom. The lowest BCUT2D eigenvalue weighted by molar-refractivity contribution is -0.141. The average Bonchev–Trinajstić information content (AvgIpc) is 3.11. The van der Waals surface area contributed by atoms with Crippen LogP contribution in [-0.4, -0.2) is 36.3 Å². The lowest BCUT2D eigenvalue weighted by Gasteiger charge is -2.33.